The molecule has 110 valence electrons. The van der Waals surface area contributed by atoms with E-state index in [1.807, 2.05) is 6.07 Å². The molecule has 1 aromatic carbocycles. The first-order valence-corrected chi connectivity index (χ1v) is 6.49. The third-order valence-corrected chi connectivity index (χ3v) is 2.94. The maximum absolute atomic E-state index is 11.0. The lowest BCUT2D eigenvalue weighted by molar-refractivity contribution is 0.0697. The SMILES string of the molecule is COc1ccc(C(=O)O)cc1NC(=S)NCc1ccco1. The van der Waals surface area contributed by atoms with Crippen molar-refractivity contribution in [2.45, 2.75) is 6.54 Å². The van der Waals surface area contributed by atoms with E-state index in [0.717, 1.165) is 5.76 Å². The van der Waals surface area contributed by atoms with Crippen LogP contribution >= 0.6 is 12.2 Å². The highest BCUT2D eigenvalue weighted by molar-refractivity contribution is 7.80. The Morgan fingerprint density at radius 1 is 1.43 bits per heavy atom. The van der Waals surface area contributed by atoms with Crippen LogP contribution < -0.4 is 15.4 Å². The van der Waals surface area contributed by atoms with Crippen LogP contribution in [-0.2, 0) is 6.54 Å². The summed E-state index contributed by atoms with van der Waals surface area (Å²) in [4.78, 5) is 11.0. The summed E-state index contributed by atoms with van der Waals surface area (Å²) in [6, 6.07) is 8.10. The van der Waals surface area contributed by atoms with E-state index in [4.69, 9.17) is 26.5 Å². The van der Waals surface area contributed by atoms with Crippen LogP contribution in [0.4, 0.5) is 5.69 Å². The number of anilines is 1. The van der Waals surface area contributed by atoms with Gasteiger partial charge in [-0.1, -0.05) is 0 Å². The Morgan fingerprint density at radius 3 is 2.86 bits per heavy atom. The fourth-order valence-corrected chi connectivity index (χ4v) is 1.87. The molecule has 1 aromatic heterocycles. The molecule has 2 aromatic rings. The van der Waals surface area contributed by atoms with Gasteiger partial charge in [0, 0.05) is 0 Å². The number of rotatable bonds is 5. The number of thiocarbonyl (C=S) groups is 1. The number of carbonyl (C=O) groups is 1. The van der Waals surface area contributed by atoms with E-state index in [1.54, 1.807) is 18.4 Å². The number of hydrogen-bond donors (Lipinski definition) is 3. The standard InChI is InChI=1S/C14H14N2O4S/c1-19-12-5-4-9(13(17)18)7-11(12)16-14(21)15-8-10-3-2-6-20-10/h2-7H,8H2,1H3,(H,17,18)(H2,15,16,21). The first kappa shape index (κ1) is 14.9. The second kappa shape index (κ2) is 6.76. The fraction of sp³-hybridized carbons (Fsp3) is 0.143. The van der Waals surface area contributed by atoms with Crippen molar-refractivity contribution in [3.8, 4) is 5.75 Å². The molecule has 0 atom stereocenters. The van der Waals surface area contributed by atoms with E-state index < -0.39 is 5.97 Å². The van der Waals surface area contributed by atoms with Gasteiger partial charge in [-0.25, -0.2) is 4.79 Å². The van der Waals surface area contributed by atoms with Crippen LogP contribution in [0.2, 0.25) is 0 Å². The first-order chi connectivity index (χ1) is 10.1. The molecular weight excluding hydrogens is 292 g/mol. The Morgan fingerprint density at radius 2 is 2.24 bits per heavy atom. The smallest absolute Gasteiger partial charge is 0.335 e. The number of methoxy groups -OCH3 is 1. The first-order valence-electron chi connectivity index (χ1n) is 6.08. The molecule has 21 heavy (non-hydrogen) atoms. The third-order valence-electron chi connectivity index (χ3n) is 2.70. The summed E-state index contributed by atoms with van der Waals surface area (Å²) < 4.78 is 10.3. The lowest BCUT2D eigenvalue weighted by Gasteiger charge is -2.13. The maximum Gasteiger partial charge on any atom is 0.335 e. The van der Waals surface area contributed by atoms with Gasteiger partial charge in [-0.05, 0) is 42.5 Å². The van der Waals surface area contributed by atoms with Gasteiger partial charge in [0.1, 0.15) is 11.5 Å². The highest BCUT2D eigenvalue weighted by Crippen LogP contribution is 2.25. The molecule has 0 saturated heterocycles. The van der Waals surface area contributed by atoms with Crippen molar-refractivity contribution in [1.29, 1.82) is 0 Å². The average molecular weight is 306 g/mol. The van der Waals surface area contributed by atoms with Crippen LogP contribution in [0, 0.1) is 0 Å². The van der Waals surface area contributed by atoms with Gasteiger partial charge in [-0.15, -0.1) is 0 Å². The molecule has 1 heterocycles. The molecule has 0 amide bonds. The van der Waals surface area contributed by atoms with Crippen molar-refractivity contribution >= 4 is 29.0 Å². The Labute approximate surface area is 126 Å². The summed E-state index contributed by atoms with van der Waals surface area (Å²) in [6.45, 7) is 0.430. The number of ether oxygens (including phenoxy) is 1. The number of carboxylic acids is 1. The predicted octanol–water partition coefficient (Wildman–Crippen LogP) is 2.47. The molecule has 3 N–H and O–H groups in total. The predicted molar refractivity (Wildman–Crippen MR) is 81.7 cm³/mol. The zero-order valence-electron chi connectivity index (χ0n) is 11.3. The molecule has 0 saturated carbocycles. The van der Waals surface area contributed by atoms with Crippen molar-refractivity contribution in [3.63, 3.8) is 0 Å². The molecule has 7 heteroatoms. The summed E-state index contributed by atoms with van der Waals surface area (Å²) in [7, 11) is 1.50. The van der Waals surface area contributed by atoms with Crippen LogP contribution in [0.15, 0.2) is 41.0 Å². The van der Waals surface area contributed by atoms with Crippen molar-refractivity contribution < 1.29 is 19.1 Å². The monoisotopic (exact) mass is 306 g/mol. The van der Waals surface area contributed by atoms with Gasteiger partial charge in [-0.3, -0.25) is 0 Å². The maximum atomic E-state index is 11.0. The zero-order valence-corrected chi connectivity index (χ0v) is 12.1. The third kappa shape index (κ3) is 3.96. The second-order valence-corrected chi connectivity index (χ2v) is 4.52. The Bertz CT molecular complexity index is 640. The number of benzene rings is 1. The molecular formula is C14H14N2O4S. The zero-order chi connectivity index (χ0) is 15.2. The molecule has 0 spiro atoms. The summed E-state index contributed by atoms with van der Waals surface area (Å²) in [5.41, 5.74) is 0.626. The van der Waals surface area contributed by atoms with Gasteiger partial charge in [0.25, 0.3) is 0 Å². The van der Waals surface area contributed by atoms with Gasteiger partial charge >= 0.3 is 5.97 Å². The number of carboxylic acid groups (broad SMARTS) is 1. The van der Waals surface area contributed by atoms with Crippen LogP contribution in [0.25, 0.3) is 0 Å². The van der Waals surface area contributed by atoms with Gasteiger partial charge in [0.2, 0.25) is 0 Å². The fourth-order valence-electron chi connectivity index (χ4n) is 1.69. The summed E-state index contributed by atoms with van der Waals surface area (Å²) in [5, 5.41) is 15.2. The van der Waals surface area contributed by atoms with E-state index in [0.29, 0.717) is 23.1 Å². The second-order valence-electron chi connectivity index (χ2n) is 4.11. The topological polar surface area (TPSA) is 83.7 Å². The Hall–Kier alpha value is -2.54. The minimum atomic E-state index is -1.02. The van der Waals surface area contributed by atoms with E-state index in [9.17, 15) is 4.79 Å². The molecule has 0 unspecified atom stereocenters. The number of furan rings is 1. The summed E-state index contributed by atoms with van der Waals surface area (Å²) in [5.74, 6) is 0.225. The van der Waals surface area contributed by atoms with Gasteiger partial charge in [0.05, 0.1) is 31.2 Å². The van der Waals surface area contributed by atoms with Crippen molar-refractivity contribution in [1.82, 2.24) is 5.32 Å². The van der Waals surface area contributed by atoms with Gasteiger partial charge < -0.3 is 24.9 Å². The number of hydrogen-bond acceptors (Lipinski definition) is 4. The average Bonchev–Trinajstić information content (AvgIpc) is 2.98. The largest absolute Gasteiger partial charge is 0.495 e. The molecule has 6 nitrogen and oxygen atoms in total. The molecule has 2 rings (SSSR count). The molecule has 0 bridgehead atoms. The van der Waals surface area contributed by atoms with E-state index >= 15 is 0 Å². The minimum Gasteiger partial charge on any atom is -0.495 e. The highest BCUT2D eigenvalue weighted by Gasteiger charge is 2.10. The summed E-state index contributed by atoms with van der Waals surface area (Å²) in [6.07, 6.45) is 1.58. The van der Waals surface area contributed by atoms with Gasteiger partial charge in [-0.2, -0.15) is 0 Å². The molecule has 0 aliphatic carbocycles. The van der Waals surface area contributed by atoms with Crippen molar-refractivity contribution in [3.05, 3.63) is 47.9 Å². The lowest BCUT2D eigenvalue weighted by Crippen LogP contribution is -2.28. The molecule has 0 aliphatic heterocycles. The quantitative estimate of drug-likeness (QED) is 0.732. The summed E-state index contributed by atoms with van der Waals surface area (Å²) >= 11 is 5.16. The highest BCUT2D eigenvalue weighted by atomic mass is 32.1. The number of nitrogens with one attached hydrogen (secondary N) is 2. The van der Waals surface area contributed by atoms with Crippen LogP contribution in [0.5, 0.6) is 5.75 Å². The van der Waals surface area contributed by atoms with E-state index in [2.05, 4.69) is 10.6 Å². The van der Waals surface area contributed by atoms with E-state index in [-0.39, 0.29) is 5.56 Å². The molecule has 0 aliphatic rings. The molecule has 0 fully saturated rings. The van der Waals surface area contributed by atoms with E-state index in [1.165, 1.54) is 19.2 Å². The lowest BCUT2D eigenvalue weighted by atomic mass is 10.2. The normalized spacial score (nSPS) is 9.95. The number of aromatic carboxylic acids is 1. The van der Waals surface area contributed by atoms with Crippen LogP contribution in [0.1, 0.15) is 16.1 Å². The van der Waals surface area contributed by atoms with Gasteiger partial charge in [0.15, 0.2) is 5.11 Å². The molecule has 0 radical (unpaired) electrons. The van der Waals surface area contributed by atoms with Crippen LogP contribution in [0.3, 0.4) is 0 Å². The van der Waals surface area contributed by atoms with Crippen molar-refractivity contribution in [2.75, 3.05) is 12.4 Å². The minimum absolute atomic E-state index is 0.145. The Kier molecular flexibility index (Phi) is 4.78. The van der Waals surface area contributed by atoms with Crippen molar-refractivity contribution in [2.24, 2.45) is 0 Å². The van der Waals surface area contributed by atoms with Crippen LogP contribution in [-0.4, -0.2) is 23.3 Å². The Balaban J connectivity index is 2.04.